The Hall–Kier alpha value is 0.190. The standard InChI is InChI=1S/C5H11O2P/c1-5-3-7-8(2,6)4-5/h5H,3-4H2,1-2H3. The van der Waals surface area contributed by atoms with Crippen molar-refractivity contribution in [2.24, 2.45) is 5.92 Å². The van der Waals surface area contributed by atoms with Crippen LogP contribution in [0.1, 0.15) is 6.92 Å². The van der Waals surface area contributed by atoms with E-state index in [1.165, 1.54) is 0 Å². The average Bonchev–Trinajstić information content (AvgIpc) is 1.82. The summed E-state index contributed by atoms with van der Waals surface area (Å²) in [6.45, 7) is 4.45. The lowest BCUT2D eigenvalue weighted by atomic mass is 10.2. The second-order valence-electron chi connectivity index (χ2n) is 2.60. The predicted molar refractivity (Wildman–Crippen MR) is 33.5 cm³/mol. The van der Waals surface area contributed by atoms with Crippen molar-refractivity contribution >= 4 is 7.37 Å². The van der Waals surface area contributed by atoms with E-state index in [1.54, 1.807) is 6.66 Å². The Morgan fingerprint density at radius 2 is 2.38 bits per heavy atom. The Morgan fingerprint density at radius 1 is 1.75 bits per heavy atom. The molecule has 1 fully saturated rings. The van der Waals surface area contributed by atoms with Crippen LogP contribution >= 0.6 is 7.37 Å². The van der Waals surface area contributed by atoms with Gasteiger partial charge in [-0.15, -0.1) is 0 Å². The third kappa shape index (κ3) is 1.33. The molecule has 0 radical (unpaired) electrons. The third-order valence-electron chi connectivity index (χ3n) is 1.28. The maximum atomic E-state index is 11.0. The van der Waals surface area contributed by atoms with E-state index in [-0.39, 0.29) is 0 Å². The number of hydrogen-bond donors (Lipinski definition) is 0. The van der Waals surface area contributed by atoms with Crippen molar-refractivity contribution in [1.29, 1.82) is 0 Å². The summed E-state index contributed by atoms with van der Waals surface area (Å²) in [6, 6.07) is 0. The molecule has 1 rings (SSSR count). The van der Waals surface area contributed by atoms with Gasteiger partial charge in [0.05, 0.1) is 6.61 Å². The van der Waals surface area contributed by atoms with Gasteiger partial charge in [0, 0.05) is 12.8 Å². The summed E-state index contributed by atoms with van der Waals surface area (Å²) < 4.78 is 16.0. The minimum atomic E-state index is -2.10. The van der Waals surface area contributed by atoms with Crippen LogP contribution in [0.2, 0.25) is 0 Å². The first-order valence-corrected chi connectivity index (χ1v) is 5.07. The minimum absolute atomic E-state index is 0.505. The monoisotopic (exact) mass is 134 g/mol. The molecule has 2 unspecified atom stereocenters. The molecule has 3 heteroatoms. The van der Waals surface area contributed by atoms with Gasteiger partial charge < -0.3 is 4.52 Å². The van der Waals surface area contributed by atoms with Crippen molar-refractivity contribution in [3.05, 3.63) is 0 Å². The average molecular weight is 134 g/mol. The van der Waals surface area contributed by atoms with E-state index in [9.17, 15) is 4.57 Å². The molecule has 0 aromatic heterocycles. The summed E-state index contributed by atoms with van der Waals surface area (Å²) in [5, 5.41) is 0. The lowest BCUT2D eigenvalue weighted by Gasteiger charge is -1.98. The van der Waals surface area contributed by atoms with Crippen LogP contribution in [-0.2, 0) is 9.09 Å². The molecule has 1 aliphatic heterocycles. The summed E-state index contributed by atoms with van der Waals surface area (Å²) in [4.78, 5) is 0. The van der Waals surface area contributed by atoms with E-state index in [1.807, 2.05) is 0 Å². The first kappa shape index (κ1) is 6.31. The molecule has 2 atom stereocenters. The van der Waals surface area contributed by atoms with Crippen molar-refractivity contribution in [3.8, 4) is 0 Å². The van der Waals surface area contributed by atoms with Crippen LogP contribution in [0.4, 0.5) is 0 Å². The summed E-state index contributed by atoms with van der Waals surface area (Å²) in [5.74, 6) is 0.505. The highest BCUT2D eigenvalue weighted by molar-refractivity contribution is 7.58. The van der Waals surface area contributed by atoms with Crippen molar-refractivity contribution in [2.45, 2.75) is 6.92 Å². The molecule has 1 saturated heterocycles. The number of rotatable bonds is 0. The molecule has 0 bridgehead atoms. The highest BCUT2D eigenvalue weighted by Gasteiger charge is 2.27. The molecule has 0 aliphatic carbocycles. The van der Waals surface area contributed by atoms with Gasteiger partial charge in [-0.05, 0) is 5.92 Å². The van der Waals surface area contributed by atoms with E-state index in [4.69, 9.17) is 4.52 Å². The van der Waals surface area contributed by atoms with Gasteiger partial charge in [0.1, 0.15) is 0 Å². The van der Waals surface area contributed by atoms with E-state index >= 15 is 0 Å². The number of hydrogen-bond acceptors (Lipinski definition) is 2. The van der Waals surface area contributed by atoms with Gasteiger partial charge in [-0.25, -0.2) is 0 Å². The molecular formula is C5H11O2P. The van der Waals surface area contributed by atoms with Crippen molar-refractivity contribution < 1.29 is 9.09 Å². The van der Waals surface area contributed by atoms with Crippen molar-refractivity contribution in [2.75, 3.05) is 19.4 Å². The highest BCUT2D eigenvalue weighted by atomic mass is 31.2. The molecule has 48 valence electrons. The maximum Gasteiger partial charge on any atom is 0.200 e. The molecule has 0 spiro atoms. The first-order chi connectivity index (χ1) is 3.60. The SMILES string of the molecule is CC1COP(C)(=O)C1. The molecule has 2 nitrogen and oxygen atoms in total. The van der Waals surface area contributed by atoms with Crippen LogP contribution in [0.3, 0.4) is 0 Å². The van der Waals surface area contributed by atoms with Gasteiger partial charge in [0.2, 0.25) is 7.37 Å². The maximum absolute atomic E-state index is 11.0. The van der Waals surface area contributed by atoms with E-state index in [0.717, 1.165) is 6.16 Å². The summed E-state index contributed by atoms with van der Waals surface area (Å²) >= 11 is 0. The molecule has 0 amide bonds. The molecule has 0 aromatic rings. The van der Waals surface area contributed by atoms with Gasteiger partial charge in [-0.2, -0.15) is 0 Å². The normalized spacial score (nSPS) is 47.5. The van der Waals surface area contributed by atoms with Crippen LogP contribution in [0.15, 0.2) is 0 Å². The Balaban J connectivity index is 2.57. The summed E-state index contributed by atoms with van der Waals surface area (Å²) in [7, 11) is -2.10. The topological polar surface area (TPSA) is 26.3 Å². The van der Waals surface area contributed by atoms with Crippen molar-refractivity contribution in [1.82, 2.24) is 0 Å². The van der Waals surface area contributed by atoms with Crippen LogP contribution < -0.4 is 0 Å². The summed E-state index contributed by atoms with van der Waals surface area (Å²) in [5.41, 5.74) is 0. The zero-order valence-corrected chi connectivity index (χ0v) is 6.15. The Labute approximate surface area is 49.7 Å². The lowest BCUT2D eigenvalue weighted by Crippen LogP contribution is -1.93. The molecule has 8 heavy (non-hydrogen) atoms. The quantitative estimate of drug-likeness (QED) is 0.470. The fourth-order valence-electron chi connectivity index (χ4n) is 0.956. The highest BCUT2D eigenvalue weighted by Crippen LogP contribution is 2.49. The van der Waals surface area contributed by atoms with Gasteiger partial charge in [-0.1, -0.05) is 6.92 Å². The largest absolute Gasteiger partial charge is 0.328 e. The zero-order valence-electron chi connectivity index (χ0n) is 5.26. The second kappa shape index (κ2) is 1.85. The molecule has 0 aromatic carbocycles. The molecular weight excluding hydrogens is 123 g/mol. The van der Waals surface area contributed by atoms with E-state index < -0.39 is 7.37 Å². The lowest BCUT2D eigenvalue weighted by molar-refractivity contribution is 0.321. The van der Waals surface area contributed by atoms with Crippen LogP contribution in [0.5, 0.6) is 0 Å². The van der Waals surface area contributed by atoms with Crippen LogP contribution in [0.25, 0.3) is 0 Å². The zero-order chi connectivity index (χ0) is 6.20. The van der Waals surface area contributed by atoms with Crippen LogP contribution in [0, 0.1) is 5.92 Å². The van der Waals surface area contributed by atoms with Crippen LogP contribution in [-0.4, -0.2) is 19.4 Å². The molecule has 0 N–H and O–H groups in total. The molecule has 1 heterocycles. The second-order valence-corrected chi connectivity index (χ2v) is 5.25. The Morgan fingerprint density at radius 3 is 2.50 bits per heavy atom. The van der Waals surface area contributed by atoms with Crippen molar-refractivity contribution in [3.63, 3.8) is 0 Å². The Kier molecular flexibility index (Phi) is 1.46. The summed E-state index contributed by atoms with van der Waals surface area (Å²) in [6.07, 6.45) is 0.771. The van der Waals surface area contributed by atoms with Gasteiger partial charge in [-0.3, -0.25) is 4.57 Å². The van der Waals surface area contributed by atoms with Gasteiger partial charge >= 0.3 is 0 Å². The molecule has 1 aliphatic rings. The smallest absolute Gasteiger partial charge is 0.200 e. The van der Waals surface area contributed by atoms with E-state index in [0.29, 0.717) is 12.5 Å². The first-order valence-electron chi connectivity index (χ1n) is 2.81. The predicted octanol–water partition coefficient (Wildman–Crippen LogP) is 1.56. The minimum Gasteiger partial charge on any atom is -0.328 e. The van der Waals surface area contributed by atoms with E-state index in [2.05, 4.69) is 6.92 Å². The van der Waals surface area contributed by atoms with Gasteiger partial charge in [0.15, 0.2) is 0 Å². The fraction of sp³-hybridized carbons (Fsp3) is 1.00. The fourth-order valence-corrected chi connectivity index (χ4v) is 2.87. The third-order valence-corrected chi connectivity index (χ3v) is 3.26. The Bertz CT molecular complexity index is 132. The van der Waals surface area contributed by atoms with Gasteiger partial charge in [0.25, 0.3) is 0 Å². The molecule has 0 saturated carbocycles.